The summed E-state index contributed by atoms with van der Waals surface area (Å²) in [6, 6.07) is 5.57. The van der Waals surface area contributed by atoms with Gasteiger partial charge in [0.1, 0.15) is 0 Å². The highest BCUT2D eigenvalue weighted by atomic mass is 32.2. The number of pyridine rings is 1. The third-order valence-corrected chi connectivity index (χ3v) is 6.24. The highest BCUT2D eigenvalue weighted by Crippen LogP contribution is 2.20. The van der Waals surface area contributed by atoms with E-state index in [4.69, 9.17) is 4.55 Å². The molecule has 0 bridgehead atoms. The van der Waals surface area contributed by atoms with Gasteiger partial charge in [0.25, 0.3) is 21.9 Å². The first-order valence-corrected chi connectivity index (χ1v) is 12.0. The molecule has 11 nitrogen and oxygen atoms in total. The van der Waals surface area contributed by atoms with Crippen molar-refractivity contribution in [1.82, 2.24) is 15.4 Å². The molecule has 1 aromatic heterocycles. The van der Waals surface area contributed by atoms with Crippen LogP contribution in [-0.4, -0.2) is 64.3 Å². The lowest BCUT2D eigenvalue weighted by Gasteiger charge is -2.13. The van der Waals surface area contributed by atoms with E-state index in [0.29, 0.717) is 38.0 Å². The average molecular weight is 474 g/mol. The Labute approximate surface area is 183 Å². The molecule has 1 unspecified atom stereocenters. The van der Waals surface area contributed by atoms with Crippen molar-refractivity contribution in [3.05, 3.63) is 24.4 Å². The zero-order valence-electron chi connectivity index (χ0n) is 16.6. The molecule has 13 heteroatoms. The fourth-order valence-corrected chi connectivity index (χ4v) is 4.14. The first-order valence-electron chi connectivity index (χ1n) is 9.53. The number of unbranched alkanes of at least 4 members (excludes halogenated alkanes) is 2. The Morgan fingerprint density at radius 1 is 1.23 bits per heavy atom. The van der Waals surface area contributed by atoms with Gasteiger partial charge in [0.15, 0.2) is 5.25 Å². The van der Waals surface area contributed by atoms with Crippen molar-refractivity contribution in [2.75, 3.05) is 12.3 Å². The second-order valence-electron chi connectivity index (χ2n) is 6.62. The quantitative estimate of drug-likeness (QED) is 0.191. The highest BCUT2D eigenvalue weighted by Gasteiger charge is 2.48. The summed E-state index contributed by atoms with van der Waals surface area (Å²) in [6.45, 7) is 0.446. The number of hydroxylamine groups is 2. The normalized spacial score (nSPS) is 16.4. The zero-order valence-corrected chi connectivity index (χ0v) is 18.2. The van der Waals surface area contributed by atoms with Gasteiger partial charge in [0.2, 0.25) is 5.91 Å². The molecule has 1 atom stereocenters. The Bertz CT molecular complexity index is 908. The maximum atomic E-state index is 11.8. The predicted molar refractivity (Wildman–Crippen MR) is 109 cm³/mol. The van der Waals surface area contributed by atoms with Crippen molar-refractivity contribution in [1.29, 1.82) is 0 Å². The van der Waals surface area contributed by atoms with Gasteiger partial charge in [0, 0.05) is 31.3 Å². The summed E-state index contributed by atoms with van der Waals surface area (Å²) in [4.78, 5) is 55.7. The van der Waals surface area contributed by atoms with Crippen LogP contribution < -0.4 is 5.32 Å². The van der Waals surface area contributed by atoms with Gasteiger partial charge in [-0.3, -0.25) is 18.9 Å². The standard InChI is InChI=1S/C18H23N3O8S2/c22-14(8-11-30-15-6-3-5-10-20-15)19-9-4-1-2-7-17(24)29-21-16(23)12-13(18(21)25)31(26,27)28/h3,5-6,10,13H,1-2,4,7-9,11-12H2,(H,19,22)(H,26,27,28). The lowest BCUT2D eigenvalue weighted by Crippen LogP contribution is -2.36. The maximum absolute atomic E-state index is 11.8. The Morgan fingerprint density at radius 3 is 2.65 bits per heavy atom. The molecule has 170 valence electrons. The van der Waals surface area contributed by atoms with E-state index in [0.717, 1.165) is 5.03 Å². The van der Waals surface area contributed by atoms with Crippen molar-refractivity contribution in [3.8, 4) is 0 Å². The van der Waals surface area contributed by atoms with E-state index in [1.807, 2.05) is 18.2 Å². The van der Waals surface area contributed by atoms with E-state index in [-0.39, 0.29) is 17.4 Å². The van der Waals surface area contributed by atoms with Gasteiger partial charge in [-0.1, -0.05) is 12.5 Å². The molecule has 0 aliphatic carbocycles. The number of nitrogens with zero attached hydrogens (tertiary/aromatic N) is 2. The van der Waals surface area contributed by atoms with Gasteiger partial charge >= 0.3 is 5.97 Å². The van der Waals surface area contributed by atoms with Crippen molar-refractivity contribution in [2.24, 2.45) is 0 Å². The van der Waals surface area contributed by atoms with Crippen LogP contribution in [-0.2, 0) is 34.1 Å². The molecule has 1 fully saturated rings. The van der Waals surface area contributed by atoms with Gasteiger partial charge in [-0.25, -0.2) is 9.78 Å². The van der Waals surface area contributed by atoms with Gasteiger partial charge in [0.05, 0.1) is 11.4 Å². The highest BCUT2D eigenvalue weighted by molar-refractivity contribution is 7.99. The Hall–Kier alpha value is -2.51. The number of rotatable bonds is 12. The second kappa shape index (κ2) is 11.8. The summed E-state index contributed by atoms with van der Waals surface area (Å²) < 4.78 is 31.0. The van der Waals surface area contributed by atoms with Crippen molar-refractivity contribution in [3.63, 3.8) is 0 Å². The zero-order chi connectivity index (χ0) is 22.9. The topological polar surface area (TPSA) is 160 Å². The molecule has 2 rings (SSSR count). The number of hydrogen-bond acceptors (Lipinski definition) is 9. The molecule has 2 heterocycles. The molecule has 1 aliphatic heterocycles. The molecule has 1 aromatic rings. The summed E-state index contributed by atoms with van der Waals surface area (Å²) in [7, 11) is -4.75. The first-order chi connectivity index (χ1) is 14.7. The predicted octanol–water partition coefficient (Wildman–Crippen LogP) is 0.714. The molecule has 1 aliphatic rings. The molecule has 0 aromatic carbocycles. The molecule has 31 heavy (non-hydrogen) atoms. The van der Waals surface area contributed by atoms with Crippen LogP contribution >= 0.6 is 11.8 Å². The van der Waals surface area contributed by atoms with Crippen LogP contribution in [0.15, 0.2) is 29.4 Å². The number of hydrogen-bond donors (Lipinski definition) is 2. The monoisotopic (exact) mass is 473 g/mol. The van der Waals surface area contributed by atoms with Crippen LogP contribution in [0.1, 0.15) is 38.5 Å². The number of amides is 3. The minimum Gasteiger partial charge on any atom is -0.356 e. The number of aromatic nitrogens is 1. The van der Waals surface area contributed by atoms with E-state index in [1.165, 1.54) is 11.8 Å². The largest absolute Gasteiger partial charge is 0.356 e. The van der Waals surface area contributed by atoms with Crippen molar-refractivity contribution < 1.29 is 37.0 Å². The number of imide groups is 1. The Morgan fingerprint density at radius 2 is 2.00 bits per heavy atom. The maximum Gasteiger partial charge on any atom is 0.333 e. The Kier molecular flexibility index (Phi) is 9.40. The molecule has 0 spiro atoms. The molecule has 0 saturated carbocycles. The smallest absolute Gasteiger partial charge is 0.333 e. The molecular weight excluding hydrogens is 450 g/mol. The van der Waals surface area contributed by atoms with E-state index in [9.17, 15) is 27.6 Å². The lowest BCUT2D eigenvalue weighted by molar-refractivity contribution is -0.197. The van der Waals surface area contributed by atoms with E-state index < -0.39 is 39.6 Å². The molecule has 2 N–H and O–H groups in total. The van der Waals surface area contributed by atoms with Gasteiger partial charge < -0.3 is 10.2 Å². The van der Waals surface area contributed by atoms with Crippen LogP contribution in [0.2, 0.25) is 0 Å². The van der Waals surface area contributed by atoms with Crippen LogP contribution in [0.4, 0.5) is 0 Å². The summed E-state index contributed by atoms with van der Waals surface area (Å²) in [5, 5.41) is 1.78. The number of thioether (sulfide) groups is 1. The van der Waals surface area contributed by atoms with Crippen molar-refractivity contribution >= 4 is 45.6 Å². The van der Waals surface area contributed by atoms with Crippen LogP contribution in [0.25, 0.3) is 0 Å². The Balaban J connectivity index is 1.54. The second-order valence-corrected chi connectivity index (χ2v) is 9.34. The van der Waals surface area contributed by atoms with E-state index in [2.05, 4.69) is 15.1 Å². The minimum atomic E-state index is -4.75. The van der Waals surface area contributed by atoms with Gasteiger partial charge in [-0.05, 0) is 25.0 Å². The minimum absolute atomic E-state index is 0.0812. The summed E-state index contributed by atoms with van der Waals surface area (Å²) in [5.74, 6) is -2.63. The van der Waals surface area contributed by atoms with Crippen LogP contribution in [0.3, 0.4) is 0 Å². The van der Waals surface area contributed by atoms with Crippen LogP contribution in [0, 0.1) is 0 Å². The van der Waals surface area contributed by atoms with Crippen molar-refractivity contribution in [2.45, 2.75) is 48.8 Å². The third-order valence-electron chi connectivity index (χ3n) is 4.21. The average Bonchev–Trinajstić information content (AvgIpc) is 3.00. The van der Waals surface area contributed by atoms with Crippen LogP contribution in [0.5, 0.6) is 0 Å². The fourth-order valence-electron chi connectivity index (χ4n) is 2.63. The fraction of sp³-hybridized carbons (Fsp3) is 0.500. The number of nitrogens with one attached hydrogen (secondary N) is 1. The molecule has 0 radical (unpaired) electrons. The molecule has 3 amide bonds. The number of carbonyl (C=O) groups is 4. The first kappa shape index (κ1) is 24.8. The van der Waals surface area contributed by atoms with E-state index in [1.54, 1.807) is 6.20 Å². The van der Waals surface area contributed by atoms with Gasteiger partial charge in [-0.15, -0.1) is 16.8 Å². The lowest BCUT2D eigenvalue weighted by atomic mass is 10.2. The summed E-state index contributed by atoms with van der Waals surface area (Å²) in [6.07, 6.45) is 2.78. The SMILES string of the molecule is O=C(CCSc1ccccn1)NCCCCCC(=O)ON1C(=O)CC(S(=O)(=O)O)C1=O. The summed E-state index contributed by atoms with van der Waals surface area (Å²) in [5.41, 5.74) is 0. The number of carbonyl (C=O) groups excluding carboxylic acids is 4. The molecule has 1 saturated heterocycles. The third kappa shape index (κ3) is 8.26. The van der Waals surface area contributed by atoms with E-state index >= 15 is 0 Å². The molecular formula is C18H23N3O8S2. The summed E-state index contributed by atoms with van der Waals surface area (Å²) >= 11 is 1.49. The van der Waals surface area contributed by atoms with Gasteiger partial charge in [-0.2, -0.15) is 8.42 Å².